The summed E-state index contributed by atoms with van der Waals surface area (Å²) in [4.78, 5) is 35.7. The number of urea groups is 1. The molecule has 7 nitrogen and oxygen atoms in total. The molecule has 1 aliphatic heterocycles. The molecule has 0 aliphatic carbocycles. The summed E-state index contributed by atoms with van der Waals surface area (Å²) in [5.41, 5.74) is -1.31. The minimum Gasteiger partial charge on any atom is -0.277 e. The number of imide groups is 2. The first-order valence-electron chi connectivity index (χ1n) is 5.41. The molecule has 0 aromatic heterocycles. The highest BCUT2D eigenvalue weighted by atomic mass is 32.2. The van der Waals surface area contributed by atoms with E-state index in [2.05, 4.69) is 5.32 Å². The molecule has 1 saturated heterocycles. The second-order valence-corrected chi connectivity index (χ2v) is 7.08. The molecule has 1 fully saturated rings. The first-order valence-corrected chi connectivity index (χ1v) is 7.47. The number of amides is 4. The molecule has 4 amide bonds. The van der Waals surface area contributed by atoms with Gasteiger partial charge in [0.1, 0.15) is 15.3 Å². The average molecular weight is 276 g/mol. The number of hydrogen-bond acceptors (Lipinski definition) is 5. The van der Waals surface area contributed by atoms with Crippen molar-refractivity contribution in [1.82, 2.24) is 10.2 Å². The van der Waals surface area contributed by atoms with Crippen LogP contribution in [-0.4, -0.2) is 49.7 Å². The molecule has 1 rings (SSSR count). The molecular formula is C10H16N2O5S. The van der Waals surface area contributed by atoms with Crippen LogP contribution in [0.2, 0.25) is 0 Å². The first kappa shape index (κ1) is 14.6. The number of rotatable bonds is 4. The van der Waals surface area contributed by atoms with Gasteiger partial charge >= 0.3 is 6.03 Å². The van der Waals surface area contributed by atoms with Crippen molar-refractivity contribution in [2.75, 3.05) is 18.6 Å². The van der Waals surface area contributed by atoms with Gasteiger partial charge in [0.25, 0.3) is 0 Å². The number of nitrogens with zero attached hydrogens (tertiary/aromatic N) is 1. The third-order valence-corrected chi connectivity index (χ3v) is 3.74. The SMILES string of the molecule is CC1(C)C(=O)NC(=O)N(CCCS(C)(=O)=O)C1=O. The van der Waals surface area contributed by atoms with Crippen LogP contribution in [0.1, 0.15) is 20.3 Å². The number of nitrogens with one attached hydrogen (secondary N) is 1. The Bertz CT molecular complexity index is 494. The van der Waals surface area contributed by atoms with Crippen LogP contribution in [0, 0.1) is 5.41 Å². The topological polar surface area (TPSA) is 101 Å². The van der Waals surface area contributed by atoms with E-state index in [1.165, 1.54) is 13.8 Å². The van der Waals surface area contributed by atoms with E-state index in [4.69, 9.17) is 0 Å². The zero-order valence-corrected chi connectivity index (χ0v) is 11.3. The number of hydrogen-bond donors (Lipinski definition) is 1. The first-order chi connectivity index (χ1) is 8.05. The molecule has 0 spiro atoms. The number of barbiturate groups is 1. The molecule has 1 N–H and O–H groups in total. The van der Waals surface area contributed by atoms with Crippen LogP contribution in [-0.2, 0) is 19.4 Å². The van der Waals surface area contributed by atoms with Gasteiger partial charge in [-0.25, -0.2) is 13.2 Å². The fourth-order valence-corrected chi connectivity index (χ4v) is 2.19. The Labute approximate surface area is 105 Å². The van der Waals surface area contributed by atoms with E-state index >= 15 is 0 Å². The van der Waals surface area contributed by atoms with Crippen molar-refractivity contribution in [3.05, 3.63) is 0 Å². The van der Waals surface area contributed by atoms with Crippen LogP contribution in [0.15, 0.2) is 0 Å². The Balaban J connectivity index is 2.73. The van der Waals surface area contributed by atoms with Crippen LogP contribution in [0.5, 0.6) is 0 Å². The van der Waals surface area contributed by atoms with E-state index in [0.717, 1.165) is 11.2 Å². The van der Waals surface area contributed by atoms with Gasteiger partial charge < -0.3 is 0 Å². The number of sulfone groups is 1. The number of carbonyl (C=O) groups excluding carboxylic acids is 3. The minimum absolute atomic E-state index is 0.0194. The maximum atomic E-state index is 11.9. The second kappa shape index (κ2) is 4.68. The Morgan fingerprint density at radius 1 is 1.22 bits per heavy atom. The lowest BCUT2D eigenvalue weighted by atomic mass is 9.89. The van der Waals surface area contributed by atoms with Crippen molar-refractivity contribution in [3.63, 3.8) is 0 Å². The van der Waals surface area contributed by atoms with Gasteiger partial charge in [-0.3, -0.25) is 19.8 Å². The van der Waals surface area contributed by atoms with E-state index in [1.54, 1.807) is 0 Å². The summed E-state index contributed by atoms with van der Waals surface area (Å²) in [5, 5.41) is 2.08. The van der Waals surface area contributed by atoms with Crippen molar-refractivity contribution >= 4 is 27.7 Å². The summed E-state index contributed by atoms with van der Waals surface area (Å²) >= 11 is 0. The van der Waals surface area contributed by atoms with Crippen LogP contribution in [0.25, 0.3) is 0 Å². The molecule has 102 valence electrons. The highest BCUT2D eigenvalue weighted by Gasteiger charge is 2.46. The largest absolute Gasteiger partial charge is 0.330 e. The highest BCUT2D eigenvalue weighted by molar-refractivity contribution is 7.90. The van der Waals surface area contributed by atoms with Crippen molar-refractivity contribution in [1.29, 1.82) is 0 Å². The molecule has 1 heterocycles. The van der Waals surface area contributed by atoms with Crippen molar-refractivity contribution in [2.45, 2.75) is 20.3 Å². The average Bonchev–Trinajstić information content (AvgIpc) is 2.19. The van der Waals surface area contributed by atoms with E-state index in [0.29, 0.717) is 0 Å². The molecule has 0 aromatic rings. The minimum atomic E-state index is -3.14. The van der Waals surface area contributed by atoms with Crippen LogP contribution < -0.4 is 5.32 Å². The molecule has 0 bridgehead atoms. The summed E-state index contributed by atoms with van der Waals surface area (Å²) < 4.78 is 21.9. The summed E-state index contributed by atoms with van der Waals surface area (Å²) in [6.07, 6.45) is 1.24. The highest BCUT2D eigenvalue weighted by Crippen LogP contribution is 2.23. The molecule has 0 atom stereocenters. The van der Waals surface area contributed by atoms with Gasteiger partial charge in [-0.1, -0.05) is 0 Å². The van der Waals surface area contributed by atoms with Crippen molar-refractivity contribution in [2.24, 2.45) is 5.41 Å². The standard InChI is InChI=1S/C10H16N2O5S/c1-10(2)7(13)11-9(15)12(8(10)14)5-4-6-18(3,16)17/h4-6H2,1-3H3,(H,11,13,15). The van der Waals surface area contributed by atoms with Crippen molar-refractivity contribution in [3.8, 4) is 0 Å². The van der Waals surface area contributed by atoms with Gasteiger partial charge in [-0.05, 0) is 20.3 Å². The molecule has 8 heteroatoms. The van der Waals surface area contributed by atoms with Crippen LogP contribution in [0.3, 0.4) is 0 Å². The Kier molecular flexibility index (Phi) is 3.80. The predicted octanol–water partition coefficient (Wildman–Crippen LogP) is -0.474. The summed E-state index contributed by atoms with van der Waals surface area (Å²) in [6, 6.07) is -0.794. The summed E-state index contributed by atoms with van der Waals surface area (Å²) in [7, 11) is -3.14. The lowest BCUT2D eigenvalue weighted by Crippen LogP contribution is -2.62. The lowest BCUT2D eigenvalue weighted by molar-refractivity contribution is -0.149. The molecule has 0 saturated carbocycles. The predicted molar refractivity (Wildman–Crippen MR) is 63.4 cm³/mol. The maximum absolute atomic E-state index is 11.9. The Morgan fingerprint density at radius 2 is 1.78 bits per heavy atom. The van der Waals surface area contributed by atoms with Gasteiger partial charge in [0.05, 0.1) is 5.75 Å². The van der Waals surface area contributed by atoms with Gasteiger partial charge in [0.2, 0.25) is 11.8 Å². The fraction of sp³-hybridized carbons (Fsp3) is 0.700. The monoisotopic (exact) mass is 276 g/mol. The van der Waals surface area contributed by atoms with E-state index < -0.39 is 33.1 Å². The normalized spacial score (nSPS) is 19.9. The third-order valence-electron chi connectivity index (χ3n) is 2.71. The lowest BCUT2D eigenvalue weighted by Gasteiger charge is -2.34. The maximum Gasteiger partial charge on any atom is 0.330 e. The van der Waals surface area contributed by atoms with Crippen LogP contribution in [0.4, 0.5) is 4.79 Å². The van der Waals surface area contributed by atoms with Gasteiger partial charge in [-0.15, -0.1) is 0 Å². The van der Waals surface area contributed by atoms with Gasteiger partial charge in [0.15, 0.2) is 0 Å². The summed E-state index contributed by atoms with van der Waals surface area (Å²) in [5.74, 6) is -1.36. The molecule has 18 heavy (non-hydrogen) atoms. The quantitative estimate of drug-likeness (QED) is 0.699. The smallest absolute Gasteiger partial charge is 0.277 e. The molecule has 0 radical (unpaired) electrons. The van der Waals surface area contributed by atoms with Crippen LogP contribution >= 0.6 is 0 Å². The zero-order chi connectivity index (χ0) is 14.1. The molecule has 0 unspecified atom stereocenters. The fourth-order valence-electron chi connectivity index (χ4n) is 1.54. The third kappa shape index (κ3) is 3.06. The van der Waals surface area contributed by atoms with E-state index in [9.17, 15) is 22.8 Å². The number of carbonyl (C=O) groups is 3. The molecular weight excluding hydrogens is 260 g/mol. The Hall–Kier alpha value is -1.44. The zero-order valence-electron chi connectivity index (χ0n) is 10.5. The van der Waals surface area contributed by atoms with Crippen molar-refractivity contribution < 1.29 is 22.8 Å². The molecule has 0 aromatic carbocycles. The Morgan fingerprint density at radius 3 is 2.28 bits per heavy atom. The van der Waals surface area contributed by atoms with E-state index in [1.807, 2.05) is 0 Å². The molecule has 1 aliphatic rings. The second-order valence-electron chi connectivity index (χ2n) is 4.82. The van der Waals surface area contributed by atoms with Gasteiger partial charge in [-0.2, -0.15) is 0 Å². The van der Waals surface area contributed by atoms with Gasteiger partial charge in [0, 0.05) is 12.8 Å². The van der Waals surface area contributed by atoms with E-state index in [-0.39, 0.29) is 18.7 Å². The summed E-state index contributed by atoms with van der Waals surface area (Å²) in [6.45, 7) is 2.82.